The van der Waals surface area contributed by atoms with Gasteiger partial charge in [-0.1, -0.05) is 44.9 Å². The fraction of sp³-hybridized carbons (Fsp3) is 0.886. The SMILES string of the molecule is CC(=O)NC1C(OCCOCCOCCNC(=O)CCOCC(COCCC(=O)NCCOCCOCCOC2OC(CO)C(O)C(O)C2NC(C)=O)(COCCC(=O)NCCOCCOCCOC2OC(CO)C(O)C(O)C2NC(C)=O)NC(=O)CCCCCCCCCCC(=O)NCCOC2(OCCNC(=O)OCN)CCCCC2)OC(CO)C(O)C1O. The number of carbonyl (C=O) groups excluding carboxylic acids is 9. The molecular formula is C79H144N10O36. The quantitative estimate of drug-likeness (QED) is 0.0199. The third-order valence-corrected chi connectivity index (χ3v) is 20.0. The Morgan fingerprint density at radius 2 is 0.648 bits per heavy atom. The molecular weight excluding hydrogens is 1660 g/mol. The van der Waals surface area contributed by atoms with Crippen LogP contribution in [0.4, 0.5) is 4.79 Å². The minimum Gasteiger partial charge on any atom is -0.434 e. The molecule has 15 atom stereocenters. The molecule has 3 saturated heterocycles. The molecule has 46 heteroatoms. The molecule has 9 amide bonds. The Labute approximate surface area is 729 Å². The smallest absolute Gasteiger partial charge is 0.408 e. The molecule has 3 heterocycles. The second kappa shape index (κ2) is 67.2. The summed E-state index contributed by atoms with van der Waals surface area (Å²) < 4.78 is 102. The third kappa shape index (κ3) is 47.9. The molecule has 0 bridgehead atoms. The lowest BCUT2D eigenvalue weighted by Gasteiger charge is -2.42. The standard InChI is InChI=1S/C79H144N10O36/c1-54(93)86-65-71(104)68(101)57(47-90)123-74(65)117-44-41-111-38-35-108-30-22-81-61(97)17-27-114-50-78(51-115-28-18-62(98)82-23-31-109-36-39-112-42-45-118-75-66(87-55(2)94)72(105)69(102)58(48-91)124-75,52-116-29-19-63(99)83-24-32-110-37-40-113-43-46-119-76-67(88-56(3)95)73(106)70(103)59(49-92)125-76)89-64(100)16-12-9-7-5-4-6-8-11-15-60(96)84-25-33-121-79(20-13-10-14-21-79)122-34-26-85-77(107)120-53-80/h57-59,65-76,90-92,101-106H,4-53,80H2,1-3H3,(H,81,97)(H,82,98)(H,83,99)(H,84,96)(H,85,107)(H,86,93)(H,87,94)(H,88,95)(H,89,100). The van der Waals surface area contributed by atoms with Crippen molar-refractivity contribution in [1.82, 2.24) is 47.9 Å². The van der Waals surface area contributed by atoms with Crippen molar-refractivity contribution in [3.63, 3.8) is 0 Å². The summed E-state index contributed by atoms with van der Waals surface area (Å²) >= 11 is 0. The van der Waals surface area contributed by atoms with Gasteiger partial charge < -0.3 is 179 Å². The van der Waals surface area contributed by atoms with Gasteiger partial charge in [0, 0.05) is 98.4 Å². The van der Waals surface area contributed by atoms with Crippen LogP contribution in [-0.2, 0) is 124 Å². The van der Waals surface area contributed by atoms with Crippen LogP contribution in [0.1, 0.15) is 136 Å². The van der Waals surface area contributed by atoms with Crippen LogP contribution in [0.2, 0.25) is 0 Å². The molecule has 3 aliphatic heterocycles. The highest BCUT2D eigenvalue weighted by molar-refractivity contribution is 5.78. The molecule has 20 N–H and O–H groups in total. The Bertz CT molecular complexity index is 2730. The topological polar surface area (TPSA) is 636 Å². The predicted molar refractivity (Wildman–Crippen MR) is 436 cm³/mol. The molecule has 0 spiro atoms. The molecule has 0 aromatic rings. The number of rotatable bonds is 72. The Morgan fingerprint density at radius 1 is 0.352 bits per heavy atom. The van der Waals surface area contributed by atoms with Crippen molar-refractivity contribution in [3.8, 4) is 0 Å². The molecule has 4 fully saturated rings. The highest BCUT2D eigenvalue weighted by atomic mass is 16.7. The van der Waals surface area contributed by atoms with Gasteiger partial charge in [0.05, 0.1) is 172 Å². The number of amides is 9. The third-order valence-electron chi connectivity index (χ3n) is 20.0. The lowest BCUT2D eigenvalue weighted by molar-refractivity contribution is -0.272. The van der Waals surface area contributed by atoms with Gasteiger partial charge in [0.1, 0.15) is 85.3 Å². The monoisotopic (exact) mass is 1810 g/mol. The minimum absolute atomic E-state index is 0.0397. The van der Waals surface area contributed by atoms with E-state index in [4.69, 9.17) is 86.3 Å². The molecule has 15 unspecified atom stereocenters. The minimum atomic E-state index is -1.47. The van der Waals surface area contributed by atoms with E-state index in [1.807, 2.05) is 0 Å². The maximum Gasteiger partial charge on any atom is 0.408 e. The largest absolute Gasteiger partial charge is 0.434 e. The summed E-state index contributed by atoms with van der Waals surface area (Å²) in [5.74, 6) is -3.87. The molecule has 1 aliphatic carbocycles. The highest BCUT2D eigenvalue weighted by Gasteiger charge is 2.48. The van der Waals surface area contributed by atoms with E-state index in [0.29, 0.717) is 38.6 Å². The second-order valence-corrected chi connectivity index (χ2v) is 30.2. The molecule has 0 aromatic heterocycles. The number of unbranched alkanes of at least 4 members (excludes halogenated alkanes) is 7. The zero-order chi connectivity index (χ0) is 91.3. The molecule has 0 radical (unpaired) electrons. The first-order valence-electron chi connectivity index (χ1n) is 43.3. The summed E-state index contributed by atoms with van der Waals surface area (Å²) in [7, 11) is 0. The fourth-order valence-corrected chi connectivity index (χ4v) is 13.5. The number of nitrogens with one attached hydrogen (secondary N) is 9. The Hall–Kier alpha value is -6.05. The Morgan fingerprint density at radius 3 is 0.976 bits per heavy atom. The summed E-state index contributed by atoms with van der Waals surface area (Å²) in [6.45, 7) is 3.16. The maximum absolute atomic E-state index is 14.1. The Kier molecular flexibility index (Phi) is 59.8. The normalized spacial score (nSPS) is 24.1. The lowest BCUT2D eigenvalue weighted by atomic mass is 9.94. The number of nitrogens with two attached hydrogens (primary N) is 1. The number of carbonyl (C=O) groups is 9. The predicted octanol–water partition coefficient (Wildman–Crippen LogP) is -6.26. The average molecular weight is 1810 g/mol. The van der Waals surface area contributed by atoms with Gasteiger partial charge in [0.25, 0.3) is 0 Å². The van der Waals surface area contributed by atoms with Gasteiger partial charge >= 0.3 is 6.09 Å². The van der Waals surface area contributed by atoms with Crippen molar-refractivity contribution >= 4 is 53.4 Å². The van der Waals surface area contributed by atoms with Crippen LogP contribution in [-0.4, -0.2) is 414 Å². The fourth-order valence-electron chi connectivity index (χ4n) is 13.5. The van der Waals surface area contributed by atoms with Crippen molar-refractivity contribution in [2.75, 3.05) is 211 Å². The van der Waals surface area contributed by atoms with Crippen LogP contribution in [0, 0.1) is 0 Å². The summed E-state index contributed by atoms with van der Waals surface area (Å²) in [5.41, 5.74) is 3.82. The van der Waals surface area contributed by atoms with Crippen LogP contribution < -0.4 is 53.6 Å². The summed E-state index contributed by atoms with van der Waals surface area (Å²) in [6, 6.07) is -3.33. The van der Waals surface area contributed by atoms with Crippen LogP contribution in [0.3, 0.4) is 0 Å². The molecule has 0 aromatic carbocycles. The maximum atomic E-state index is 14.1. The summed E-state index contributed by atoms with van der Waals surface area (Å²) in [5, 5.41) is 115. The first-order valence-corrected chi connectivity index (χ1v) is 43.3. The average Bonchev–Trinajstić information content (AvgIpc) is 0.808. The summed E-state index contributed by atoms with van der Waals surface area (Å²) in [6.07, 6.45) is -5.53. The first kappa shape index (κ1) is 111. The molecule has 4 rings (SSSR count). The summed E-state index contributed by atoms with van der Waals surface area (Å²) in [4.78, 5) is 113. The van der Waals surface area contributed by atoms with Gasteiger partial charge in [-0.2, -0.15) is 0 Å². The first-order chi connectivity index (χ1) is 60.3. The van der Waals surface area contributed by atoms with E-state index in [1.165, 1.54) is 20.8 Å². The van der Waals surface area contributed by atoms with E-state index in [-0.39, 0.29) is 240 Å². The van der Waals surface area contributed by atoms with E-state index >= 15 is 0 Å². The van der Waals surface area contributed by atoms with Gasteiger partial charge in [0.2, 0.25) is 47.3 Å². The van der Waals surface area contributed by atoms with Gasteiger partial charge in [-0.05, 0) is 25.7 Å². The van der Waals surface area contributed by atoms with E-state index < -0.39 is 147 Å². The number of aliphatic hydroxyl groups is 9. The molecule has 46 nitrogen and oxygen atoms in total. The van der Waals surface area contributed by atoms with Gasteiger partial charge in [-0.25, -0.2) is 4.79 Å². The van der Waals surface area contributed by atoms with E-state index in [2.05, 4.69) is 52.6 Å². The molecule has 125 heavy (non-hydrogen) atoms. The van der Waals surface area contributed by atoms with Gasteiger partial charge in [0.15, 0.2) is 24.7 Å². The van der Waals surface area contributed by atoms with Gasteiger partial charge in [-0.15, -0.1) is 0 Å². The van der Waals surface area contributed by atoms with Crippen molar-refractivity contribution in [1.29, 1.82) is 0 Å². The number of alkyl carbamates (subject to hydrolysis) is 1. The molecule has 4 aliphatic rings. The second-order valence-electron chi connectivity index (χ2n) is 30.2. The van der Waals surface area contributed by atoms with E-state index in [9.17, 15) is 89.1 Å². The zero-order valence-electron chi connectivity index (χ0n) is 72.6. The number of ether oxygens (including phenoxy) is 18. The van der Waals surface area contributed by atoms with Gasteiger partial charge in [-0.3, -0.25) is 44.1 Å². The Balaban J connectivity index is 1.28. The number of hydrogen-bond donors (Lipinski definition) is 19. The number of aliphatic hydroxyl groups excluding tert-OH is 9. The van der Waals surface area contributed by atoms with E-state index in [1.54, 1.807) is 0 Å². The van der Waals surface area contributed by atoms with Crippen molar-refractivity contribution in [2.24, 2.45) is 5.73 Å². The lowest BCUT2D eigenvalue weighted by Crippen LogP contribution is -2.64. The van der Waals surface area contributed by atoms with Crippen LogP contribution in [0.25, 0.3) is 0 Å². The van der Waals surface area contributed by atoms with Crippen LogP contribution in [0.15, 0.2) is 0 Å². The molecule has 726 valence electrons. The van der Waals surface area contributed by atoms with Crippen molar-refractivity contribution < 1.29 is 174 Å². The number of hydrogen-bond acceptors (Lipinski definition) is 37. The van der Waals surface area contributed by atoms with Crippen LogP contribution >= 0.6 is 0 Å². The van der Waals surface area contributed by atoms with Crippen LogP contribution in [0.5, 0.6) is 0 Å². The molecule has 1 saturated carbocycles. The van der Waals surface area contributed by atoms with Crippen molar-refractivity contribution in [2.45, 2.75) is 240 Å². The highest BCUT2D eigenvalue weighted by Crippen LogP contribution is 2.33. The van der Waals surface area contributed by atoms with Crippen molar-refractivity contribution in [3.05, 3.63) is 0 Å². The zero-order valence-corrected chi connectivity index (χ0v) is 72.6. The van der Waals surface area contributed by atoms with E-state index in [0.717, 1.165) is 57.8 Å².